The normalized spacial score (nSPS) is 14.9. The van der Waals surface area contributed by atoms with Gasteiger partial charge in [0.2, 0.25) is 11.8 Å². The van der Waals surface area contributed by atoms with Crippen LogP contribution in [0.15, 0.2) is 47.5 Å². The lowest BCUT2D eigenvalue weighted by molar-refractivity contribution is 0.213. The molecule has 1 fully saturated rings. The summed E-state index contributed by atoms with van der Waals surface area (Å²) in [6.45, 7) is 1.74. The van der Waals surface area contributed by atoms with Gasteiger partial charge >= 0.3 is 6.03 Å². The molecular formula is C27H28Cl2N8O5S. The number of halogens is 2. The Morgan fingerprint density at radius 1 is 1.12 bits per heavy atom. The van der Waals surface area contributed by atoms with Crippen LogP contribution in [0.5, 0.6) is 5.88 Å². The Morgan fingerprint density at radius 3 is 2.53 bits per heavy atom. The van der Waals surface area contributed by atoms with E-state index in [0.29, 0.717) is 63.1 Å². The fourth-order valence-corrected chi connectivity index (χ4v) is 6.50. The number of ether oxygens (including phenoxy) is 1. The molecule has 4 N–H and O–H groups in total. The highest BCUT2D eigenvalue weighted by Gasteiger charge is 2.21. The van der Waals surface area contributed by atoms with Crippen LogP contribution < -0.4 is 26.7 Å². The van der Waals surface area contributed by atoms with E-state index in [-0.39, 0.29) is 42.0 Å². The Balaban J connectivity index is 1.35. The van der Waals surface area contributed by atoms with Crippen LogP contribution in [0.1, 0.15) is 5.56 Å². The molecule has 226 valence electrons. The van der Waals surface area contributed by atoms with E-state index in [1.807, 2.05) is 4.90 Å². The number of nitrogens with zero attached hydrogens (tertiary/aromatic N) is 5. The second-order valence-corrected chi connectivity index (χ2v) is 13.0. The lowest BCUT2D eigenvalue weighted by atomic mass is 10.1. The number of sulfone groups is 1. The van der Waals surface area contributed by atoms with Gasteiger partial charge < -0.3 is 21.1 Å². The number of aromatic nitrogens is 4. The lowest BCUT2D eigenvalue weighted by Crippen LogP contribution is -2.42. The summed E-state index contributed by atoms with van der Waals surface area (Å²) in [5.41, 5.74) is 7.12. The first-order valence-corrected chi connectivity index (χ1v) is 15.7. The van der Waals surface area contributed by atoms with Crippen LogP contribution in [0.4, 0.5) is 16.4 Å². The summed E-state index contributed by atoms with van der Waals surface area (Å²) in [6.07, 6.45) is 3.09. The smallest absolute Gasteiger partial charge is 0.312 e. The average Bonchev–Trinajstić information content (AvgIpc) is 2.96. The number of pyridine rings is 2. The molecule has 1 aliphatic rings. The van der Waals surface area contributed by atoms with Crippen LogP contribution in [0.3, 0.4) is 0 Å². The molecule has 3 aromatic heterocycles. The molecule has 0 atom stereocenters. The highest BCUT2D eigenvalue weighted by atomic mass is 35.5. The molecule has 1 aromatic carbocycles. The fraction of sp³-hybridized carbons (Fsp3) is 0.296. The molecule has 4 heterocycles. The van der Waals surface area contributed by atoms with Gasteiger partial charge in [0.1, 0.15) is 12.3 Å². The Hall–Kier alpha value is -3.98. The van der Waals surface area contributed by atoms with E-state index in [2.05, 4.69) is 25.6 Å². The van der Waals surface area contributed by atoms with Crippen molar-refractivity contribution >= 4 is 61.7 Å². The van der Waals surface area contributed by atoms with E-state index in [1.165, 1.54) is 10.8 Å². The van der Waals surface area contributed by atoms with Gasteiger partial charge in [0.15, 0.2) is 9.84 Å². The number of primary amides is 1. The molecule has 43 heavy (non-hydrogen) atoms. The number of aryl methyl sites for hydroxylation is 1. The molecule has 4 aromatic rings. The van der Waals surface area contributed by atoms with Gasteiger partial charge in [-0.15, -0.1) is 0 Å². The molecular weight excluding hydrogens is 619 g/mol. The zero-order valence-corrected chi connectivity index (χ0v) is 25.3. The van der Waals surface area contributed by atoms with E-state index in [9.17, 15) is 18.0 Å². The molecule has 1 saturated heterocycles. The molecule has 0 aliphatic carbocycles. The zero-order valence-electron chi connectivity index (χ0n) is 23.0. The second-order valence-electron chi connectivity index (χ2n) is 9.86. The Morgan fingerprint density at radius 2 is 1.84 bits per heavy atom. The van der Waals surface area contributed by atoms with E-state index in [4.69, 9.17) is 33.7 Å². The number of carbonyl (C=O) groups excluding carboxylic acids is 1. The highest BCUT2D eigenvalue weighted by Crippen LogP contribution is 2.34. The van der Waals surface area contributed by atoms with Gasteiger partial charge in [0, 0.05) is 55.9 Å². The third-order valence-electron chi connectivity index (χ3n) is 6.90. The van der Waals surface area contributed by atoms with Crippen molar-refractivity contribution in [2.75, 3.05) is 43.1 Å². The third-order valence-corrected chi connectivity index (χ3v) is 9.14. The summed E-state index contributed by atoms with van der Waals surface area (Å²) in [5.74, 6) is 0.745. The number of hydrogen-bond acceptors (Lipinski definition) is 10. The van der Waals surface area contributed by atoms with Crippen LogP contribution in [-0.4, -0.2) is 76.6 Å². The van der Waals surface area contributed by atoms with Gasteiger partial charge in [-0.2, -0.15) is 4.98 Å². The number of fused-ring (bicyclic) bond motifs is 1. The highest BCUT2D eigenvalue weighted by molar-refractivity contribution is 7.91. The summed E-state index contributed by atoms with van der Waals surface area (Å²) < 4.78 is 30.6. The average molecular weight is 648 g/mol. The molecule has 5 rings (SSSR count). The number of benzene rings is 1. The number of nitrogens with two attached hydrogens (primary N) is 1. The molecule has 16 heteroatoms. The van der Waals surface area contributed by atoms with Crippen molar-refractivity contribution in [3.63, 3.8) is 0 Å². The van der Waals surface area contributed by atoms with Crippen molar-refractivity contribution in [3.05, 3.63) is 68.7 Å². The molecule has 13 nitrogen and oxygen atoms in total. The minimum absolute atomic E-state index is 0.0512. The predicted octanol–water partition coefficient (Wildman–Crippen LogP) is 2.72. The largest absolute Gasteiger partial charge is 0.476 e. The van der Waals surface area contributed by atoms with Gasteiger partial charge in [-0.05, 0) is 24.3 Å². The zero-order chi connectivity index (χ0) is 30.7. The summed E-state index contributed by atoms with van der Waals surface area (Å²) in [7, 11) is -1.37. The minimum atomic E-state index is -2.97. The van der Waals surface area contributed by atoms with Crippen LogP contribution in [0, 0.1) is 0 Å². The summed E-state index contributed by atoms with van der Waals surface area (Å²) >= 11 is 12.7. The van der Waals surface area contributed by atoms with Crippen LogP contribution in [0.2, 0.25) is 10.0 Å². The maximum atomic E-state index is 13.2. The van der Waals surface area contributed by atoms with Crippen LogP contribution >= 0.6 is 23.2 Å². The van der Waals surface area contributed by atoms with Crippen molar-refractivity contribution in [2.45, 2.75) is 6.54 Å². The SMILES string of the molecule is Cn1c(=O)c(-c2c(Cl)cccc2Cl)cc2cnc(Nc3cnc(OCCN4CCS(=O)(=O)CC4)c(CNC(N)=O)c3)nc21. The van der Waals surface area contributed by atoms with Gasteiger partial charge in [-0.25, -0.2) is 23.2 Å². The molecule has 2 amide bonds. The molecule has 1 aliphatic heterocycles. The van der Waals surface area contributed by atoms with Crippen molar-refractivity contribution in [1.29, 1.82) is 0 Å². The third kappa shape index (κ3) is 7.16. The standard InChI is InChI=1S/C27H28Cl2N8O5S/c1-36-23-16(12-19(25(36)38)22-20(28)3-2-4-21(22)29)13-33-27(35-23)34-18-11-17(14-32-26(30)39)24(31-15-18)42-8-5-37-6-9-43(40,41)10-7-37/h2-4,11-13,15H,5-10,14H2,1H3,(H3,30,32,39)(H,33,34,35). The van der Waals surface area contributed by atoms with Gasteiger partial charge in [0.05, 0.1) is 39.0 Å². The quantitative estimate of drug-likeness (QED) is 0.245. The Kier molecular flexibility index (Phi) is 9.01. The monoisotopic (exact) mass is 646 g/mol. The second kappa shape index (κ2) is 12.7. The van der Waals surface area contributed by atoms with E-state index < -0.39 is 15.9 Å². The van der Waals surface area contributed by atoms with Crippen LogP contribution in [-0.2, 0) is 23.4 Å². The first-order chi connectivity index (χ1) is 20.5. The van der Waals surface area contributed by atoms with Crippen molar-refractivity contribution in [3.8, 4) is 17.0 Å². The van der Waals surface area contributed by atoms with Crippen LogP contribution in [0.25, 0.3) is 22.2 Å². The Labute approximate surface area is 256 Å². The molecule has 0 saturated carbocycles. The maximum absolute atomic E-state index is 13.2. The molecule has 0 radical (unpaired) electrons. The molecule has 0 unspecified atom stereocenters. The number of carbonyl (C=O) groups is 1. The van der Waals surface area contributed by atoms with Gasteiger partial charge in [-0.3, -0.25) is 14.3 Å². The van der Waals surface area contributed by atoms with E-state index >= 15 is 0 Å². The lowest BCUT2D eigenvalue weighted by Gasteiger charge is -2.26. The van der Waals surface area contributed by atoms with Crippen molar-refractivity contribution in [1.82, 2.24) is 29.7 Å². The van der Waals surface area contributed by atoms with Gasteiger partial charge in [-0.1, -0.05) is 29.3 Å². The first kappa shape index (κ1) is 30.5. The Bertz CT molecular complexity index is 1830. The summed E-state index contributed by atoms with van der Waals surface area (Å²) in [4.78, 5) is 39.9. The van der Waals surface area contributed by atoms with Crippen molar-refractivity contribution < 1.29 is 17.9 Å². The number of anilines is 2. The molecule has 0 bridgehead atoms. The number of urea groups is 1. The van der Waals surface area contributed by atoms with E-state index in [0.717, 1.165) is 0 Å². The topological polar surface area (TPSA) is 174 Å². The van der Waals surface area contributed by atoms with Crippen molar-refractivity contribution in [2.24, 2.45) is 12.8 Å². The first-order valence-electron chi connectivity index (χ1n) is 13.2. The number of amides is 2. The number of nitrogens with one attached hydrogen (secondary N) is 2. The minimum Gasteiger partial charge on any atom is -0.476 e. The predicted molar refractivity (Wildman–Crippen MR) is 165 cm³/mol. The number of rotatable bonds is 9. The molecule has 0 spiro atoms. The summed E-state index contributed by atoms with van der Waals surface area (Å²) in [5, 5.41) is 6.91. The number of hydrogen-bond donors (Lipinski definition) is 3. The fourth-order valence-electron chi connectivity index (χ4n) is 4.62. The summed E-state index contributed by atoms with van der Waals surface area (Å²) in [6, 6.07) is 7.68. The van der Waals surface area contributed by atoms with E-state index in [1.54, 1.807) is 43.6 Å². The van der Waals surface area contributed by atoms with Gasteiger partial charge in [0.25, 0.3) is 5.56 Å². The maximum Gasteiger partial charge on any atom is 0.312 e.